The van der Waals surface area contributed by atoms with E-state index in [4.69, 9.17) is 0 Å². The van der Waals surface area contributed by atoms with E-state index in [9.17, 15) is 4.79 Å². The van der Waals surface area contributed by atoms with Gasteiger partial charge in [-0.2, -0.15) is 5.41 Å². The number of hydrogen-bond donors (Lipinski definition) is 0. The zero-order valence-electron chi connectivity index (χ0n) is 8.77. The van der Waals surface area contributed by atoms with Crippen molar-refractivity contribution in [3.05, 3.63) is 6.42 Å². The Labute approximate surface area is 89.0 Å². The fraction of sp³-hybridized carbons (Fsp3) is 0.800. The third kappa shape index (κ3) is 4.80. The largest absolute Gasteiger partial charge is 0.313 e. The Kier molecular flexibility index (Phi) is 5.87. The second kappa shape index (κ2) is 5.15. The molecule has 1 fully saturated rings. The normalized spacial score (nSPS) is 22.1. The molecule has 1 nitrogen and oxygen atoms in total. The molecule has 0 aliphatic heterocycles. The van der Waals surface area contributed by atoms with Gasteiger partial charge < -0.3 is 11.2 Å². The molecule has 0 saturated heterocycles. The maximum atomic E-state index is 11.2. The molecule has 0 bridgehead atoms. The second-order valence-corrected chi connectivity index (χ2v) is 4.50. The zero-order chi connectivity index (χ0) is 8.48. The number of ketones is 1. The van der Waals surface area contributed by atoms with E-state index in [0.717, 1.165) is 19.3 Å². The van der Waals surface area contributed by atoms with Gasteiger partial charge in [-0.05, 0) is 6.42 Å². The predicted octanol–water partition coefficient (Wildman–Crippen LogP) is 2.60. The quantitative estimate of drug-likeness (QED) is 0.420. The molecule has 1 rings (SSSR count). The van der Waals surface area contributed by atoms with E-state index in [1.54, 1.807) is 0 Å². The minimum absolute atomic E-state index is 0. The van der Waals surface area contributed by atoms with Crippen molar-refractivity contribution < 1.29 is 25.2 Å². The molecular formula is C10H17OReRf-. The van der Waals surface area contributed by atoms with E-state index in [2.05, 4.69) is 27.2 Å². The molecule has 0 spiro atoms. The van der Waals surface area contributed by atoms with Gasteiger partial charge in [-0.3, -0.25) is 0 Å². The average Bonchev–Trinajstić information content (AvgIpc) is 2.12. The van der Waals surface area contributed by atoms with Gasteiger partial charge in [0.15, 0.2) is 0 Å². The molecular weight excluding hydrogens is 589 g/mol. The van der Waals surface area contributed by atoms with E-state index in [0.29, 0.717) is 5.78 Å². The van der Waals surface area contributed by atoms with Crippen molar-refractivity contribution in [1.82, 2.24) is 0 Å². The van der Waals surface area contributed by atoms with Crippen LogP contribution in [0.25, 0.3) is 0 Å². The van der Waals surface area contributed by atoms with Crippen LogP contribution in [0.2, 0.25) is 0 Å². The Morgan fingerprint density at radius 1 is 1.38 bits per heavy atom. The van der Waals surface area contributed by atoms with Crippen LogP contribution in [0.3, 0.4) is 0 Å². The molecule has 1 aliphatic carbocycles. The number of carbonyl (C=O) groups excluding carboxylic acids is 1. The number of rotatable bonds is 1. The third-order valence-corrected chi connectivity index (χ3v) is 2.05. The monoisotopic (exact) mass is 607 g/mol. The van der Waals surface area contributed by atoms with Crippen LogP contribution >= 0.6 is 0 Å². The fourth-order valence-corrected chi connectivity index (χ4v) is 1.62. The summed E-state index contributed by atoms with van der Waals surface area (Å²) in [7, 11) is 0. The number of Topliss-reactive ketones (excluding diaryl/α,β-unsaturated/α-hetero) is 1. The smallest absolute Gasteiger partial charge is 0.106 e. The van der Waals surface area contributed by atoms with Crippen molar-refractivity contribution in [3.63, 3.8) is 0 Å². The average molecular weight is 606 g/mol. The topological polar surface area (TPSA) is 17.1 Å². The van der Waals surface area contributed by atoms with Gasteiger partial charge >= 0.3 is 0 Å². The predicted molar refractivity (Wildman–Crippen MR) is 46.1 cm³/mol. The summed E-state index contributed by atoms with van der Waals surface area (Å²) in [6.07, 6.45) is 5.17. The summed E-state index contributed by atoms with van der Waals surface area (Å²) < 4.78 is 0. The van der Waals surface area contributed by atoms with Crippen LogP contribution in [-0.4, -0.2) is 5.78 Å². The summed E-state index contributed by atoms with van der Waals surface area (Å²) in [5, 5.41) is 0. The standard InChI is InChI=1S/C10H17O.Re.Rf/c1-10(2,3)7-8-5-4-6-9(8)11;;/h7-8H,4-6H2,1-3H3;;/q-1;;/t8-;;/m1../s1. The van der Waals surface area contributed by atoms with Crippen LogP contribution in [0.4, 0.5) is 0 Å². The minimum atomic E-state index is 0. The van der Waals surface area contributed by atoms with E-state index < -0.39 is 0 Å². The summed E-state index contributed by atoms with van der Waals surface area (Å²) in [6.45, 7) is 6.45. The van der Waals surface area contributed by atoms with Crippen molar-refractivity contribution in [2.75, 3.05) is 0 Å². The molecule has 0 aromatic heterocycles. The molecule has 1 aliphatic rings. The van der Waals surface area contributed by atoms with Crippen molar-refractivity contribution in [2.24, 2.45) is 11.3 Å². The van der Waals surface area contributed by atoms with Crippen LogP contribution in [0, 0.1) is 17.8 Å². The van der Waals surface area contributed by atoms with Crippen LogP contribution in [0.1, 0.15) is 40.0 Å². The molecule has 1 radical (unpaired) electrons. The van der Waals surface area contributed by atoms with Crippen LogP contribution in [0.15, 0.2) is 0 Å². The summed E-state index contributed by atoms with van der Waals surface area (Å²) in [6, 6.07) is 0. The van der Waals surface area contributed by atoms with Gasteiger partial charge in [-0.15, -0.1) is 5.92 Å². The number of hydrogen-bond acceptors (Lipinski definition) is 1. The Morgan fingerprint density at radius 3 is 2.23 bits per heavy atom. The van der Waals surface area contributed by atoms with Crippen molar-refractivity contribution in [3.8, 4) is 0 Å². The summed E-state index contributed by atoms with van der Waals surface area (Å²) in [5.74, 6) is 0.704. The summed E-state index contributed by atoms with van der Waals surface area (Å²) in [4.78, 5) is 11.2. The first-order chi connectivity index (χ1) is 4.99. The summed E-state index contributed by atoms with van der Waals surface area (Å²) in [5.41, 5.74) is 0.199. The molecule has 0 aromatic carbocycles. The van der Waals surface area contributed by atoms with Crippen molar-refractivity contribution >= 4 is 5.78 Å². The van der Waals surface area contributed by atoms with Crippen LogP contribution in [0.5, 0.6) is 0 Å². The van der Waals surface area contributed by atoms with Gasteiger partial charge in [-0.25, -0.2) is 0 Å². The van der Waals surface area contributed by atoms with Gasteiger partial charge in [-0.1, -0.05) is 27.2 Å². The van der Waals surface area contributed by atoms with Crippen LogP contribution in [-0.2, 0) is 25.2 Å². The van der Waals surface area contributed by atoms with Gasteiger partial charge in [0.2, 0.25) is 0 Å². The molecule has 73 valence electrons. The molecule has 0 N–H and O–H groups in total. The second-order valence-electron chi connectivity index (χ2n) is 4.50. The van der Waals surface area contributed by atoms with E-state index >= 15 is 0 Å². The molecule has 1 atom stereocenters. The van der Waals surface area contributed by atoms with Crippen molar-refractivity contribution in [2.45, 2.75) is 40.0 Å². The maximum absolute atomic E-state index is 11.2. The molecule has 0 unspecified atom stereocenters. The van der Waals surface area contributed by atoms with E-state index in [1.165, 1.54) is 0 Å². The Bertz CT molecular complexity index is 163. The maximum Gasteiger partial charge on any atom is 0.106 e. The van der Waals surface area contributed by atoms with Crippen LogP contribution < -0.4 is 0 Å². The number of carbonyl (C=O) groups is 1. The van der Waals surface area contributed by atoms with E-state index in [-0.39, 0.29) is 31.8 Å². The van der Waals surface area contributed by atoms with Gasteiger partial charge in [0.05, 0.1) is 0 Å². The Morgan fingerprint density at radius 2 is 1.92 bits per heavy atom. The Balaban J connectivity index is 0. The minimum Gasteiger partial charge on any atom is -0.313 e. The van der Waals surface area contributed by atoms with Crippen molar-refractivity contribution in [1.29, 1.82) is 0 Å². The molecule has 0 heterocycles. The third-order valence-electron chi connectivity index (χ3n) is 2.05. The first-order valence-corrected chi connectivity index (χ1v) is 4.38. The fourth-order valence-electron chi connectivity index (χ4n) is 1.62. The SMILES string of the molecule is CC(C)(C)[CH-][C@H]1CCCC1=O.[Re].[Rf]. The molecule has 13 heavy (non-hydrogen) atoms. The Hall–Kier alpha value is -0.668. The molecule has 3 heteroatoms. The molecule has 1 saturated carbocycles. The molecule has 0 aromatic rings. The van der Waals surface area contributed by atoms with E-state index in [1.807, 2.05) is 0 Å². The van der Waals surface area contributed by atoms with Gasteiger partial charge in [0.1, 0.15) is 5.78 Å². The first-order valence-electron chi connectivity index (χ1n) is 4.38. The van der Waals surface area contributed by atoms with Gasteiger partial charge in [0, 0.05) is 26.8 Å². The zero-order valence-corrected chi connectivity index (χ0v) is 17.9. The summed E-state index contributed by atoms with van der Waals surface area (Å²) >= 11 is 0. The molecule has 0 amide bonds. The van der Waals surface area contributed by atoms with Gasteiger partial charge in [0.25, 0.3) is 0 Å². The first kappa shape index (κ1) is 14.8.